The van der Waals surface area contributed by atoms with Crippen molar-refractivity contribution in [2.75, 3.05) is 0 Å². The summed E-state index contributed by atoms with van der Waals surface area (Å²) in [6, 6.07) is 42.5. The van der Waals surface area contributed by atoms with Crippen molar-refractivity contribution in [1.82, 2.24) is 0 Å². The standard InChI is InChI=1S/C32H23N/c33-20-21-13-15-22(16-14-21)23-17-18-31-27(19-23)26-9-3-6-12-30(26)32(31)28-10-4-1-7-24(28)25-8-2-5-11-29(25)32/h1-19H,20,33H2. The molecule has 0 heterocycles. The van der Waals surface area contributed by atoms with Crippen LogP contribution >= 0.6 is 0 Å². The van der Waals surface area contributed by atoms with Crippen LogP contribution in [0.3, 0.4) is 0 Å². The average Bonchev–Trinajstić information content (AvgIpc) is 3.36. The van der Waals surface area contributed by atoms with E-state index >= 15 is 0 Å². The van der Waals surface area contributed by atoms with Gasteiger partial charge in [0, 0.05) is 6.54 Å². The monoisotopic (exact) mass is 421 g/mol. The average molecular weight is 422 g/mol. The lowest BCUT2D eigenvalue weighted by atomic mass is 9.70. The predicted molar refractivity (Wildman–Crippen MR) is 136 cm³/mol. The smallest absolute Gasteiger partial charge is 0.0725 e. The molecule has 0 amide bonds. The van der Waals surface area contributed by atoms with Gasteiger partial charge in [-0.2, -0.15) is 0 Å². The molecule has 0 radical (unpaired) electrons. The third-order valence-corrected chi connectivity index (χ3v) is 7.52. The maximum absolute atomic E-state index is 5.81. The van der Waals surface area contributed by atoms with Crippen LogP contribution in [0.1, 0.15) is 27.8 Å². The number of rotatable bonds is 2. The summed E-state index contributed by atoms with van der Waals surface area (Å²) in [5.41, 5.74) is 20.1. The van der Waals surface area contributed by atoms with Gasteiger partial charge in [0.25, 0.3) is 0 Å². The van der Waals surface area contributed by atoms with E-state index in [0.717, 1.165) is 5.56 Å². The zero-order chi connectivity index (χ0) is 22.0. The molecule has 1 heteroatoms. The molecule has 156 valence electrons. The van der Waals surface area contributed by atoms with Gasteiger partial charge in [-0.1, -0.05) is 109 Å². The Bertz CT molecular complexity index is 1500. The summed E-state index contributed by atoms with van der Waals surface area (Å²) >= 11 is 0. The van der Waals surface area contributed by atoms with Crippen molar-refractivity contribution in [2.24, 2.45) is 5.73 Å². The fourth-order valence-electron chi connectivity index (χ4n) is 6.11. The highest BCUT2D eigenvalue weighted by atomic mass is 14.5. The second kappa shape index (κ2) is 6.78. The second-order valence-electron chi connectivity index (χ2n) is 9.05. The summed E-state index contributed by atoms with van der Waals surface area (Å²) in [6.07, 6.45) is 0. The van der Waals surface area contributed by atoms with Crippen LogP contribution in [0.5, 0.6) is 0 Å². The third kappa shape index (κ3) is 2.35. The largest absolute Gasteiger partial charge is 0.326 e. The minimum Gasteiger partial charge on any atom is -0.326 e. The van der Waals surface area contributed by atoms with Crippen molar-refractivity contribution in [1.29, 1.82) is 0 Å². The van der Waals surface area contributed by atoms with Gasteiger partial charge < -0.3 is 5.73 Å². The molecule has 0 fully saturated rings. The molecule has 1 spiro atoms. The van der Waals surface area contributed by atoms with Gasteiger partial charge in [-0.15, -0.1) is 0 Å². The zero-order valence-corrected chi connectivity index (χ0v) is 18.3. The highest BCUT2D eigenvalue weighted by Gasteiger charge is 2.51. The van der Waals surface area contributed by atoms with Gasteiger partial charge in [-0.05, 0) is 67.3 Å². The number of hydrogen-bond acceptors (Lipinski definition) is 1. The molecule has 0 atom stereocenters. The Balaban J connectivity index is 1.54. The minimum atomic E-state index is -0.263. The Morgan fingerprint density at radius 1 is 0.455 bits per heavy atom. The van der Waals surface area contributed by atoms with E-state index in [1.54, 1.807) is 0 Å². The number of benzene rings is 5. The lowest BCUT2D eigenvalue weighted by molar-refractivity contribution is 0.794. The molecule has 33 heavy (non-hydrogen) atoms. The van der Waals surface area contributed by atoms with E-state index in [2.05, 4.69) is 115 Å². The maximum atomic E-state index is 5.81. The number of nitrogens with two attached hydrogens (primary N) is 1. The molecular formula is C32H23N. The number of hydrogen-bond donors (Lipinski definition) is 1. The fraction of sp³-hybridized carbons (Fsp3) is 0.0625. The molecule has 0 saturated heterocycles. The Morgan fingerprint density at radius 3 is 1.45 bits per heavy atom. The molecule has 0 unspecified atom stereocenters. The normalized spacial score (nSPS) is 14.0. The quantitative estimate of drug-likeness (QED) is 0.315. The summed E-state index contributed by atoms with van der Waals surface area (Å²) in [7, 11) is 0. The molecule has 2 aliphatic carbocycles. The molecule has 7 rings (SSSR count). The van der Waals surface area contributed by atoms with Crippen molar-refractivity contribution in [3.63, 3.8) is 0 Å². The van der Waals surface area contributed by atoms with Gasteiger partial charge in [0.2, 0.25) is 0 Å². The van der Waals surface area contributed by atoms with Crippen LogP contribution in [0.15, 0.2) is 115 Å². The molecule has 0 saturated carbocycles. The topological polar surface area (TPSA) is 26.0 Å². The first kappa shape index (κ1) is 18.6. The molecule has 5 aromatic rings. The zero-order valence-electron chi connectivity index (χ0n) is 18.3. The van der Waals surface area contributed by atoms with Gasteiger partial charge in [0.15, 0.2) is 0 Å². The summed E-state index contributed by atoms with van der Waals surface area (Å²) in [5, 5.41) is 0. The van der Waals surface area contributed by atoms with Crippen LogP contribution in [0.2, 0.25) is 0 Å². The van der Waals surface area contributed by atoms with Crippen LogP contribution in [0, 0.1) is 0 Å². The van der Waals surface area contributed by atoms with Crippen LogP contribution in [-0.4, -0.2) is 0 Å². The number of fused-ring (bicyclic) bond motifs is 10. The lowest BCUT2D eigenvalue weighted by Gasteiger charge is -2.30. The molecule has 5 aromatic carbocycles. The van der Waals surface area contributed by atoms with Crippen molar-refractivity contribution >= 4 is 0 Å². The van der Waals surface area contributed by atoms with E-state index in [0.29, 0.717) is 6.54 Å². The third-order valence-electron chi connectivity index (χ3n) is 7.52. The van der Waals surface area contributed by atoms with Gasteiger partial charge in [-0.3, -0.25) is 0 Å². The lowest BCUT2D eigenvalue weighted by Crippen LogP contribution is -2.25. The highest BCUT2D eigenvalue weighted by molar-refractivity contribution is 5.95. The van der Waals surface area contributed by atoms with Crippen LogP contribution in [0.4, 0.5) is 0 Å². The van der Waals surface area contributed by atoms with Crippen LogP contribution in [0.25, 0.3) is 33.4 Å². The van der Waals surface area contributed by atoms with E-state index in [9.17, 15) is 0 Å². The molecule has 0 aliphatic heterocycles. The van der Waals surface area contributed by atoms with E-state index < -0.39 is 0 Å². The van der Waals surface area contributed by atoms with Crippen LogP contribution in [-0.2, 0) is 12.0 Å². The Labute approximate surface area is 194 Å². The van der Waals surface area contributed by atoms with E-state index in [-0.39, 0.29) is 5.41 Å². The van der Waals surface area contributed by atoms with E-state index in [4.69, 9.17) is 5.73 Å². The fourth-order valence-corrected chi connectivity index (χ4v) is 6.11. The molecule has 0 aromatic heterocycles. The Morgan fingerprint density at radius 2 is 0.909 bits per heavy atom. The highest BCUT2D eigenvalue weighted by Crippen LogP contribution is 2.62. The van der Waals surface area contributed by atoms with E-state index in [1.165, 1.54) is 55.6 Å². The first-order chi connectivity index (χ1) is 16.3. The van der Waals surface area contributed by atoms with Crippen molar-refractivity contribution in [2.45, 2.75) is 12.0 Å². The second-order valence-corrected chi connectivity index (χ2v) is 9.05. The minimum absolute atomic E-state index is 0.263. The summed E-state index contributed by atoms with van der Waals surface area (Å²) in [5.74, 6) is 0. The molecular weight excluding hydrogens is 398 g/mol. The summed E-state index contributed by atoms with van der Waals surface area (Å²) in [4.78, 5) is 0. The maximum Gasteiger partial charge on any atom is 0.0725 e. The van der Waals surface area contributed by atoms with Gasteiger partial charge in [0.1, 0.15) is 0 Å². The van der Waals surface area contributed by atoms with Crippen molar-refractivity contribution < 1.29 is 0 Å². The van der Waals surface area contributed by atoms with Gasteiger partial charge in [0.05, 0.1) is 5.41 Å². The predicted octanol–water partition coefficient (Wildman–Crippen LogP) is 7.16. The SMILES string of the molecule is NCc1ccc(-c2ccc3c(c2)-c2ccccc2C32c3ccccc3-c3ccccc32)cc1. The van der Waals surface area contributed by atoms with Gasteiger partial charge in [-0.25, -0.2) is 0 Å². The Kier molecular flexibility index (Phi) is 3.82. The van der Waals surface area contributed by atoms with Gasteiger partial charge >= 0.3 is 0 Å². The molecule has 2 aliphatic rings. The molecule has 2 N–H and O–H groups in total. The molecule has 1 nitrogen and oxygen atoms in total. The first-order valence-electron chi connectivity index (χ1n) is 11.6. The summed E-state index contributed by atoms with van der Waals surface area (Å²) < 4.78 is 0. The van der Waals surface area contributed by atoms with Crippen LogP contribution < -0.4 is 5.73 Å². The Hall–Kier alpha value is -3.94. The van der Waals surface area contributed by atoms with Crippen molar-refractivity contribution in [3.05, 3.63) is 143 Å². The van der Waals surface area contributed by atoms with E-state index in [1.807, 2.05) is 0 Å². The van der Waals surface area contributed by atoms with Crippen molar-refractivity contribution in [3.8, 4) is 33.4 Å². The molecule has 0 bridgehead atoms. The summed E-state index contributed by atoms with van der Waals surface area (Å²) in [6.45, 7) is 0.569. The first-order valence-corrected chi connectivity index (χ1v) is 11.6.